The summed E-state index contributed by atoms with van der Waals surface area (Å²) in [5, 5.41) is 14.8. The number of nitrogens with one attached hydrogen (secondary N) is 2. The van der Waals surface area contributed by atoms with Crippen molar-refractivity contribution in [2.24, 2.45) is 0 Å². The molecule has 2 aromatic rings. The molecule has 0 saturated carbocycles. The third-order valence-corrected chi connectivity index (χ3v) is 4.28. The molecule has 1 aliphatic rings. The molecule has 0 unspecified atom stereocenters. The predicted molar refractivity (Wildman–Crippen MR) is 107 cm³/mol. The fourth-order valence-electron chi connectivity index (χ4n) is 2.88. The first-order chi connectivity index (χ1) is 14.0. The van der Waals surface area contributed by atoms with Crippen molar-refractivity contribution in [3.63, 3.8) is 0 Å². The number of nitrogens with zero attached hydrogens (tertiary/aromatic N) is 3. The van der Waals surface area contributed by atoms with E-state index in [1.54, 1.807) is 31.2 Å². The zero-order valence-corrected chi connectivity index (χ0v) is 16.3. The Balaban J connectivity index is 2.03. The second kappa shape index (κ2) is 9.20. The van der Waals surface area contributed by atoms with Crippen molar-refractivity contribution in [2.75, 3.05) is 50.2 Å². The number of carboxylic acids is 1. The zero-order chi connectivity index (χ0) is 20.8. The summed E-state index contributed by atoms with van der Waals surface area (Å²) in [5.41, 5.74) is 1.02. The number of carboxylic acid groups (broad SMARTS) is 1. The van der Waals surface area contributed by atoms with Crippen LogP contribution in [0.25, 0.3) is 11.4 Å². The Hall–Kier alpha value is -3.40. The highest BCUT2D eigenvalue weighted by Gasteiger charge is 2.26. The Kier molecular flexibility index (Phi) is 6.45. The van der Waals surface area contributed by atoms with Crippen LogP contribution < -0.4 is 20.3 Å². The van der Waals surface area contributed by atoms with Gasteiger partial charge in [0, 0.05) is 31.4 Å². The topological polar surface area (TPSA) is 126 Å². The van der Waals surface area contributed by atoms with Crippen LogP contribution in [0.2, 0.25) is 0 Å². The molecule has 0 spiro atoms. The molecule has 1 aliphatic heterocycles. The molecule has 154 valence electrons. The number of ether oxygens (including phenoxy) is 2. The van der Waals surface area contributed by atoms with Gasteiger partial charge in [-0.3, -0.25) is 0 Å². The molecule has 0 atom stereocenters. The number of amides is 2. The van der Waals surface area contributed by atoms with E-state index in [0.29, 0.717) is 50.0 Å². The first-order valence-corrected chi connectivity index (χ1v) is 9.23. The van der Waals surface area contributed by atoms with Crippen molar-refractivity contribution >= 4 is 23.5 Å². The van der Waals surface area contributed by atoms with Crippen molar-refractivity contribution in [3.8, 4) is 17.1 Å². The number of carbonyl (C=O) groups excluding carboxylic acids is 1. The Morgan fingerprint density at radius 2 is 1.90 bits per heavy atom. The smallest absolute Gasteiger partial charge is 0.358 e. The molecular weight excluding hydrogens is 378 g/mol. The van der Waals surface area contributed by atoms with Gasteiger partial charge in [0.2, 0.25) is 0 Å². The lowest BCUT2D eigenvalue weighted by molar-refractivity contribution is 0.0685. The Morgan fingerprint density at radius 3 is 2.48 bits per heavy atom. The molecule has 29 heavy (non-hydrogen) atoms. The van der Waals surface area contributed by atoms with Crippen molar-refractivity contribution in [1.29, 1.82) is 0 Å². The van der Waals surface area contributed by atoms with E-state index in [2.05, 4.69) is 20.6 Å². The molecule has 3 rings (SSSR count). The van der Waals surface area contributed by atoms with Crippen molar-refractivity contribution in [2.45, 2.75) is 6.92 Å². The lowest BCUT2D eigenvalue weighted by Gasteiger charge is -2.29. The molecule has 1 saturated heterocycles. The summed E-state index contributed by atoms with van der Waals surface area (Å²) in [6.07, 6.45) is 0. The van der Waals surface area contributed by atoms with E-state index in [1.807, 2.05) is 4.90 Å². The number of rotatable bonds is 6. The lowest BCUT2D eigenvalue weighted by Crippen LogP contribution is -2.37. The SMILES string of the molecule is CCOc1c(C(=O)O)nc(-c2ccc(NC(=O)NC)cc2)nc1N1CCOCC1. The summed E-state index contributed by atoms with van der Waals surface area (Å²) in [5.74, 6) is -0.336. The van der Waals surface area contributed by atoms with Gasteiger partial charge >= 0.3 is 12.0 Å². The number of anilines is 2. The molecule has 0 aliphatic carbocycles. The van der Waals surface area contributed by atoms with Crippen LogP contribution in [-0.4, -0.2) is 67.0 Å². The summed E-state index contributed by atoms with van der Waals surface area (Å²) < 4.78 is 11.0. The van der Waals surface area contributed by atoms with Gasteiger partial charge in [-0.1, -0.05) is 0 Å². The number of hydrogen-bond donors (Lipinski definition) is 3. The number of benzene rings is 1. The molecule has 10 heteroatoms. The van der Waals surface area contributed by atoms with Crippen molar-refractivity contribution in [3.05, 3.63) is 30.0 Å². The van der Waals surface area contributed by atoms with E-state index in [1.165, 1.54) is 7.05 Å². The monoisotopic (exact) mass is 401 g/mol. The lowest BCUT2D eigenvalue weighted by atomic mass is 10.2. The fourth-order valence-corrected chi connectivity index (χ4v) is 2.88. The second-order valence-corrected chi connectivity index (χ2v) is 6.17. The Morgan fingerprint density at radius 1 is 1.21 bits per heavy atom. The number of aromatic carboxylic acids is 1. The van der Waals surface area contributed by atoms with Gasteiger partial charge in [0.05, 0.1) is 19.8 Å². The van der Waals surface area contributed by atoms with Crippen LogP contribution in [0, 0.1) is 0 Å². The number of urea groups is 1. The molecule has 2 heterocycles. The summed E-state index contributed by atoms with van der Waals surface area (Å²) in [4.78, 5) is 34.1. The van der Waals surface area contributed by atoms with Crippen LogP contribution in [0.15, 0.2) is 24.3 Å². The molecular formula is C19H23N5O5. The quantitative estimate of drug-likeness (QED) is 0.669. The predicted octanol–water partition coefficient (Wildman–Crippen LogP) is 1.83. The maximum Gasteiger partial charge on any atom is 0.358 e. The van der Waals surface area contributed by atoms with Gasteiger partial charge in [-0.25, -0.2) is 19.6 Å². The van der Waals surface area contributed by atoms with Crippen molar-refractivity contribution in [1.82, 2.24) is 15.3 Å². The van der Waals surface area contributed by atoms with E-state index in [-0.39, 0.29) is 23.3 Å². The summed E-state index contributed by atoms with van der Waals surface area (Å²) in [6, 6.07) is 6.49. The van der Waals surface area contributed by atoms with Crippen LogP contribution >= 0.6 is 0 Å². The summed E-state index contributed by atoms with van der Waals surface area (Å²) in [7, 11) is 1.53. The molecule has 3 N–H and O–H groups in total. The van der Waals surface area contributed by atoms with Gasteiger partial charge in [0.15, 0.2) is 23.1 Å². The van der Waals surface area contributed by atoms with E-state index in [0.717, 1.165) is 0 Å². The van der Waals surface area contributed by atoms with E-state index >= 15 is 0 Å². The van der Waals surface area contributed by atoms with Gasteiger partial charge in [0.1, 0.15) is 0 Å². The average molecular weight is 401 g/mol. The number of hydrogen-bond acceptors (Lipinski definition) is 7. The first-order valence-electron chi connectivity index (χ1n) is 9.23. The van der Waals surface area contributed by atoms with E-state index < -0.39 is 5.97 Å². The Bertz CT molecular complexity index is 881. The molecule has 0 bridgehead atoms. The molecule has 1 aromatic heterocycles. The van der Waals surface area contributed by atoms with E-state index in [9.17, 15) is 14.7 Å². The maximum atomic E-state index is 11.9. The minimum absolute atomic E-state index is 0.156. The molecule has 10 nitrogen and oxygen atoms in total. The molecule has 2 amide bonds. The van der Waals surface area contributed by atoms with Gasteiger partial charge in [0.25, 0.3) is 0 Å². The van der Waals surface area contributed by atoms with Gasteiger partial charge in [-0.15, -0.1) is 0 Å². The van der Waals surface area contributed by atoms with Crippen LogP contribution in [0.4, 0.5) is 16.3 Å². The van der Waals surface area contributed by atoms with Crippen LogP contribution in [-0.2, 0) is 4.74 Å². The highest BCUT2D eigenvalue weighted by molar-refractivity contribution is 5.92. The molecule has 0 radical (unpaired) electrons. The van der Waals surface area contributed by atoms with E-state index in [4.69, 9.17) is 9.47 Å². The normalized spacial score (nSPS) is 13.7. The van der Waals surface area contributed by atoms with Crippen molar-refractivity contribution < 1.29 is 24.2 Å². The fraction of sp³-hybridized carbons (Fsp3) is 0.368. The highest BCUT2D eigenvalue weighted by Crippen LogP contribution is 2.33. The number of morpholine rings is 1. The van der Waals surface area contributed by atoms with Crippen LogP contribution in [0.1, 0.15) is 17.4 Å². The van der Waals surface area contributed by atoms with Crippen LogP contribution in [0.3, 0.4) is 0 Å². The maximum absolute atomic E-state index is 11.9. The average Bonchev–Trinajstić information content (AvgIpc) is 2.75. The third kappa shape index (κ3) is 4.72. The standard InChI is InChI=1S/C19H23N5O5/c1-3-29-15-14(18(25)26)22-16(23-17(15)24-8-10-28-11-9-24)12-4-6-13(7-5-12)21-19(27)20-2/h4-7H,3,8-11H2,1-2H3,(H,25,26)(H2,20,21,27). The van der Waals surface area contributed by atoms with Gasteiger partial charge in [-0.2, -0.15) is 0 Å². The summed E-state index contributed by atoms with van der Waals surface area (Å²) in [6.45, 7) is 4.26. The third-order valence-electron chi connectivity index (χ3n) is 4.28. The summed E-state index contributed by atoms with van der Waals surface area (Å²) >= 11 is 0. The zero-order valence-electron chi connectivity index (χ0n) is 16.3. The highest BCUT2D eigenvalue weighted by atomic mass is 16.5. The largest absolute Gasteiger partial charge is 0.488 e. The minimum Gasteiger partial charge on any atom is -0.488 e. The molecule has 1 aromatic carbocycles. The van der Waals surface area contributed by atoms with Gasteiger partial charge < -0.3 is 30.1 Å². The number of aromatic nitrogens is 2. The van der Waals surface area contributed by atoms with Gasteiger partial charge in [-0.05, 0) is 31.2 Å². The molecule has 1 fully saturated rings. The Labute approximate surface area is 167 Å². The first kappa shape index (κ1) is 20.3. The minimum atomic E-state index is -1.19. The second-order valence-electron chi connectivity index (χ2n) is 6.17. The van der Waals surface area contributed by atoms with Crippen LogP contribution in [0.5, 0.6) is 5.75 Å². The number of carbonyl (C=O) groups is 2.